The van der Waals surface area contributed by atoms with Gasteiger partial charge in [-0.3, -0.25) is 4.90 Å². The molecule has 164 valence electrons. The first-order valence-electron chi connectivity index (χ1n) is 8.20. The van der Waals surface area contributed by atoms with Gasteiger partial charge < -0.3 is 4.74 Å². The van der Waals surface area contributed by atoms with Crippen molar-refractivity contribution in [2.45, 2.75) is 31.4 Å². The Kier molecular flexibility index (Phi) is 7.28. The predicted octanol–water partition coefficient (Wildman–Crippen LogP) is 6.67. The average molecular weight is 520 g/mol. The minimum Gasteiger partial charge on any atom is -0.439 e. The Hall–Kier alpha value is -2.01. The smallest absolute Gasteiger partial charge is 0.416 e. The minimum atomic E-state index is -5.01. The highest BCUT2D eigenvalue weighted by Gasteiger charge is 2.43. The zero-order valence-corrected chi connectivity index (χ0v) is 17.5. The second-order valence-electron chi connectivity index (χ2n) is 6.24. The number of halogens is 8. The Morgan fingerprint density at radius 2 is 1.77 bits per heavy atom. The molecule has 1 aromatic rings. The molecule has 0 saturated carbocycles. The van der Waals surface area contributed by atoms with Gasteiger partial charge in [-0.2, -0.15) is 26.3 Å². The van der Waals surface area contributed by atoms with E-state index in [1.165, 1.54) is 13.0 Å². The number of hydrogen-bond donors (Lipinski definition) is 0. The molecular weight excluding hydrogens is 506 g/mol. The van der Waals surface area contributed by atoms with Crippen molar-refractivity contribution < 1.29 is 35.9 Å². The molecule has 0 bridgehead atoms. The number of carbonyl (C=O) groups excluding carboxylic acids is 1. The molecule has 1 aliphatic heterocycles. The third kappa shape index (κ3) is 5.37. The molecule has 0 aliphatic carbocycles. The van der Waals surface area contributed by atoms with E-state index in [0.717, 1.165) is 10.6 Å². The molecule has 0 aromatic heterocycles. The van der Waals surface area contributed by atoms with E-state index < -0.39 is 47.3 Å². The predicted molar refractivity (Wildman–Crippen MR) is 102 cm³/mol. The Balaban J connectivity index is 2.46. The van der Waals surface area contributed by atoms with Crippen LogP contribution in [0.1, 0.15) is 29.7 Å². The van der Waals surface area contributed by atoms with E-state index in [9.17, 15) is 31.1 Å². The summed E-state index contributed by atoms with van der Waals surface area (Å²) in [6.45, 7) is 4.80. The summed E-state index contributed by atoms with van der Waals surface area (Å²) in [7, 11) is 0. The monoisotopic (exact) mass is 518 g/mol. The number of hydrogen-bond acceptors (Lipinski definition) is 3. The maximum atomic E-state index is 13.1. The first-order chi connectivity index (χ1) is 13.8. The second-order valence-corrected chi connectivity index (χ2v) is 7.29. The number of amides is 1. The normalized spacial score (nSPS) is 21.1. The van der Waals surface area contributed by atoms with Crippen molar-refractivity contribution in [3.05, 3.63) is 57.7 Å². The number of allylic oxidation sites excluding steroid dienone is 2. The molecule has 1 heterocycles. The Morgan fingerprint density at radius 3 is 2.20 bits per heavy atom. The van der Waals surface area contributed by atoms with Gasteiger partial charge in [-0.05, 0) is 46.6 Å². The number of nitrogens with zero attached hydrogens (tertiary/aromatic N) is 2. The molecule has 1 aromatic carbocycles. The Morgan fingerprint density at radius 1 is 1.23 bits per heavy atom. The number of ether oxygens (including phenoxy) is 1. The molecule has 0 N–H and O–H groups in total. The number of rotatable bonds is 5. The lowest BCUT2D eigenvalue weighted by Gasteiger charge is -2.22. The van der Waals surface area contributed by atoms with Gasteiger partial charge in [0.1, 0.15) is 6.10 Å². The quantitative estimate of drug-likeness (QED) is 0.248. The Bertz CT molecular complexity index is 865. The van der Waals surface area contributed by atoms with E-state index in [4.69, 9.17) is 16.3 Å². The zero-order valence-electron chi connectivity index (χ0n) is 15.2. The summed E-state index contributed by atoms with van der Waals surface area (Å²) in [6.07, 6.45) is -10.9. The van der Waals surface area contributed by atoms with Gasteiger partial charge in [0, 0.05) is 4.48 Å². The highest BCUT2D eigenvalue weighted by atomic mass is 79.9. The summed E-state index contributed by atoms with van der Waals surface area (Å²) >= 11 is 8.65. The fourth-order valence-electron chi connectivity index (χ4n) is 2.82. The fraction of sp³-hybridized carbons (Fsp3) is 0.333. The molecule has 1 fully saturated rings. The van der Waals surface area contributed by atoms with Crippen LogP contribution < -0.4 is 0 Å². The SMILES string of the molecule is C=C/C(Br)=C(/CN1C(=O)O[C@H](c2cc(C(F)(F)F)cc(C(F)(F)F)c2)[C@@H]1C)N=CCl. The van der Waals surface area contributed by atoms with Crippen molar-refractivity contribution in [2.24, 2.45) is 4.99 Å². The summed E-state index contributed by atoms with van der Waals surface area (Å²) in [5, 5.41) is 0. The van der Waals surface area contributed by atoms with Crippen LogP contribution >= 0.6 is 27.5 Å². The molecule has 1 aliphatic rings. The highest BCUT2D eigenvalue weighted by molar-refractivity contribution is 9.11. The van der Waals surface area contributed by atoms with Crippen molar-refractivity contribution >= 4 is 39.3 Å². The van der Waals surface area contributed by atoms with Gasteiger partial charge in [-0.15, -0.1) is 0 Å². The molecule has 2 atom stereocenters. The lowest BCUT2D eigenvalue weighted by molar-refractivity contribution is -0.143. The summed E-state index contributed by atoms with van der Waals surface area (Å²) in [5.41, 5.74) is -2.21. The van der Waals surface area contributed by atoms with Crippen LogP contribution in [-0.4, -0.2) is 29.3 Å². The van der Waals surface area contributed by atoms with Gasteiger partial charge in [0.2, 0.25) is 0 Å². The van der Waals surface area contributed by atoms with E-state index in [2.05, 4.69) is 27.5 Å². The van der Waals surface area contributed by atoms with E-state index in [0.29, 0.717) is 16.6 Å². The van der Waals surface area contributed by atoms with Crippen LogP contribution in [0.3, 0.4) is 0 Å². The van der Waals surface area contributed by atoms with Gasteiger partial charge in [-0.25, -0.2) is 9.79 Å². The topological polar surface area (TPSA) is 41.9 Å². The molecule has 12 heteroatoms. The van der Waals surface area contributed by atoms with E-state index in [1.807, 2.05) is 0 Å². The maximum absolute atomic E-state index is 13.1. The molecule has 2 rings (SSSR count). The maximum Gasteiger partial charge on any atom is 0.416 e. The standard InChI is InChI=1S/C18H14BrClF6N2O2/c1-3-13(19)14(27-8-20)7-28-9(2)15(30-16(28)29)10-4-11(17(21,22)23)6-12(5-10)18(24,25)26/h3-6,8-9,15H,1,7H2,2H3/b14-13+,27-8?/t9-,15-/m0/s1. The number of carbonyl (C=O) groups is 1. The first kappa shape index (κ1) is 24.3. The van der Waals surface area contributed by atoms with Crippen molar-refractivity contribution in [3.63, 3.8) is 0 Å². The van der Waals surface area contributed by atoms with Gasteiger partial charge in [-0.1, -0.05) is 24.3 Å². The summed E-state index contributed by atoms with van der Waals surface area (Å²) in [4.78, 5) is 17.3. The van der Waals surface area contributed by atoms with Gasteiger partial charge in [0.15, 0.2) is 0 Å². The number of aliphatic imine (C=N–C) groups is 1. The minimum absolute atomic E-state index is 0.0138. The molecule has 1 saturated heterocycles. The van der Waals surface area contributed by atoms with Crippen molar-refractivity contribution in [3.8, 4) is 0 Å². The molecule has 0 unspecified atom stereocenters. The van der Waals surface area contributed by atoms with E-state index in [1.54, 1.807) is 0 Å². The number of benzene rings is 1. The van der Waals surface area contributed by atoms with Crippen LogP contribution in [0.25, 0.3) is 0 Å². The molecule has 0 spiro atoms. The van der Waals surface area contributed by atoms with Crippen molar-refractivity contribution in [2.75, 3.05) is 6.54 Å². The molecule has 0 radical (unpaired) electrons. The second kappa shape index (κ2) is 9.01. The lowest BCUT2D eigenvalue weighted by Crippen LogP contribution is -2.33. The van der Waals surface area contributed by atoms with Gasteiger partial charge in [0.05, 0.1) is 35.1 Å². The summed E-state index contributed by atoms with van der Waals surface area (Å²) in [6, 6.07) is 0.203. The molecule has 4 nitrogen and oxygen atoms in total. The van der Waals surface area contributed by atoms with Crippen molar-refractivity contribution in [1.29, 1.82) is 0 Å². The first-order valence-corrected chi connectivity index (χ1v) is 9.43. The average Bonchev–Trinajstić information content (AvgIpc) is 2.93. The summed E-state index contributed by atoms with van der Waals surface area (Å²) in [5.74, 6) is 0. The lowest BCUT2D eigenvalue weighted by atomic mass is 9.97. The molecular formula is C18H14BrClF6N2O2. The zero-order chi connectivity index (χ0) is 22.9. The number of cyclic esters (lactones) is 1. The molecule has 30 heavy (non-hydrogen) atoms. The summed E-state index contributed by atoms with van der Waals surface area (Å²) < 4.78 is 84.2. The third-order valence-corrected chi connectivity index (χ3v) is 5.19. The van der Waals surface area contributed by atoms with Crippen LogP contribution in [0.15, 0.2) is 46.0 Å². The van der Waals surface area contributed by atoms with Crippen LogP contribution in [0.5, 0.6) is 0 Å². The largest absolute Gasteiger partial charge is 0.439 e. The van der Waals surface area contributed by atoms with Gasteiger partial charge in [0.25, 0.3) is 0 Å². The third-order valence-electron chi connectivity index (χ3n) is 4.31. The van der Waals surface area contributed by atoms with Gasteiger partial charge >= 0.3 is 18.4 Å². The van der Waals surface area contributed by atoms with Crippen LogP contribution in [0.4, 0.5) is 31.1 Å². The van der Waals surface area contributed by atoms with E-state index in [-0.39, 0.29) is 18.3 Å². The Labute approximate surface area is 181 Å². The van der Waals surface area contributed by atoms with Crippen LogP contribution in [0.2, 0.25) is 0 Å². The fourth-order valence-corrected chi connectivity index (χ4v) is 3.16. The van der Waals surface area contributed by atoms with Crippen LogP contribution in [0, 0.1) is 0 Å². The van der Waals surface area contributed by atoms with Crippen LogP contribution in [-0.2, 0) is 17.1 Å². The number of alkyl halides is 6. The van der Waals surface area contributed by atoms with E-state index >= 15 is 0 Å². The highest BCUT2D eigenvalue weighted by Crippen LogP contribution is 2.41. The molecule has 1 amide bonds. The van der Waals surface area contributed by atoms with Crippen molar-refractivity contribution in [1.82, 2.24) is 4.90 Å².